The third kappa shape index (κ3) is 15.5. The molecule has 0 spiro atoms. The monoisotopic (exact) mass is 503 g/mol. The van der Waals surface area contributed by atoms with Crippen LogP contribution in [0.4, 0.5) is 0 Å². The highest BCUT2D eigenvalue weighted by atomic mass is 16.5. The maximum atomic E-state index is 12.0. The first-order chi connectivity index (χ1) is 17.5. The van der Waals surface area contributed by atoms with E-state index in [-0.39, 0.29) is 11.7 Å². The molecule has 0 aromatic heterocycles. The van der Waals surface area contributed by atoms with E-state index in [0.717, 1.165) is 24.7 Å². The fraction of sp³-hybridized carbons (Fsp3) is 0.781. The van der Waals surface area contributed by atoms with Gasteiger partial charge in [-0.3, -0.25) is 0 Å². The van der Waals surface area contributed by atoms with Gasteiger partial charge >= 0.3 is 5.97 Å². The molecule has 0 fully saturated rings. The van der Waals surface area contributed by atoms with Crippen molar-refractivity contribution in [3.8, 4) is 5.75 Å². The van der Waals surface area contributed by atoms with Crippen molar-refractivity contribution in [2.75, 3.05) is 26.2 Å². The number of nitrogens with zero attached hydrogens (tertiary/aromatic N) is 1. The predicted octanol–water partition coefficient (Wildman–Crippen LogP) is 9.01. The molecule has 2 unspecified atom stereocenters. The highest BCUT2D eigenvalue weighted by Crippen LogP contribution is 2.20. The minimum Gasteiger partial charge on any atom is -0.508 e. The van der Waals surface area contributed by atoms with Gasteiger partial charge in [-0.05, 0) is 68.3 Å². The lowest BCUT2D eigenvalue weighted by Crippen LogP contribution is -2.35. The highest BCUT2D eigenvalue weighted by molar-refractivity contribution is 5.89. The van der Waals surface area contributed by atoms with E-state index in [2.05, 4.69) is 32.6 Å². The van der Waals surface area contributed by atoms with E-state index in [1.165, 1.54) is 115 Å². The summed E-state index contributed by atoms with van der Waals surface area (Å²) in [5.74, 6) is 1.57. The molecule has 0 aliphatic rings. The lowest BCUT2D eigenvalue weighted by atomic mass is 9.95. The Hall–Kier alpha value is -1.55. The van der Waals surface area contributed by atoms with Gasteiger partial charge in [-0.1, -0.05) is 98.3 Å². The van der Waals surface area contributed by atoms with Gasteiger partial charge in [0.05, 0.1) is 12.2 Å². The summed E-state index contributed by atoms with van der Waals surface area (Å²) in [7, 11) is 0. The molecular formula is C32H57NO3. The van der Waals surface area contributed by atoms with Gasteiger partial charge in [-0.15, -0.1) is 0 Å². The van der Waals surface area contributed by atoms with Crippen molar-refractivity contribution in [1.82, 2.24) is 4.90 Å². The van der Waals surface area contributed by atoms with Crippen molar-refractivity contribution in [1.29, 1.82) is 0 Å². The topological polar surface area (TPSA) is 49.8 Å². The second kappa shape index (κ2) is 21.5. The maximum Gasteiger partial charge on any atom is 0.338 e. The zero-order valence-electron chi connectivity index (χ0n) is 24.1. The molecular weight excluding hydrogens is 446 g/mol. The first kappa shape index (κ1) is 32.5. The minimum absolute atomic E-state index is 0.161. The van der Waals surface area contributed by atoms with E-state index in [4.69, 9.17) is 4.74 Å². The van der Waals surface area contributed by atoms with E-state index in [0.29, 0.717) is 12.2 Å². The van der Waals surface area contributed by atoms with E-state index >= 15 is 0 Å². The number of phenols is 1. The number of benzene rings is 1. The number of aromatic hydroxyl groups is 1. The van der Waals surface area contributed by atoms with Crippen LogP contribution in [0.2, 0.25) is 0 Å². The molecule has 0 saturated carbocycles. The predicted molar refractivity (Wildman–Crippen MR) is 154 cm³/mol. The van der Waals surface area contributed by atoms with Gasteiger partial charge in [0.1, 0.15) is 5.75 Å². The summed E-state index contributed by atoms with van der Waals surface area (Å²) in [5, 5.41) is 9.31. The molecule has 0 aliphatic heterocycles. The van der Waals surface area contributed by atoms with Crippen LogP contribution in [0.15, 0.2) is 24.3 Å². The average molecular weight is 504 g/mol. The highest BCUT2D eigenvalue weighted by Gasteiger charge is 2.16. The van der Waals surface area contributed by atoms with Gasteiger partial charge in [0.15, 0.2) is 0 Å². The third-order valence-electron chi connectivity index (χ3n) is 7.57. The molecule has 4 nitrogen and oxygen atoms in total. The van der Waals surface area contributed by atoms with E-state index in [9.17, 15) is 9.90 Å². The lowest BCUT2D eigenvalue weighted by molar-refractivity contribution is 0.0497. The van der Waals surface area contributed by atoms with Crippen molar-refractivity contribution in [3.63, 3.8) is 0 Å². The number of unbranched alkanes of at least 4 members (excludes halogenated alkanes) is 8. The normalized spacial score (nSPS) is 13.1. The molecule has 2 atom stereocenters. The first-order valence-corrected chi connectivity index (χ1v) is 15.2. The van der Waals surface area contributed by atoms with E-state index in [1.807, 2.05) is 0 Å². The SMILES string of the molecule is CCCCC(CC)CN(CCCCCCCCCOC(=O)c1ccc(O)cc1)CC(CC)CCCC. The molecule has 1 N–H and O–H groups in total. The zero-order chi connectivity index (χ0) is 26.4. The average Bonchev–Trinajstić information content (AvgIpc) is 2.89. The summed E-state index contributed by atoms with van der Waals surface area (Å²) < 4.78 is 5.34. The number of rotatable bonds is 23. The van der Waals surface area contributed by atoms with Crippen LogP contribution >= 0.6 is 0 Å². The van der Waals surface area contributed by atoms with Gasteiger partial charge < -0.3 is 14.7 Å². The molecule has 208 valence electrons. The fourth-order valence-electron chi connectivity index (χ4n) is 4.99. The van der Waals surface area contributed by atoms with E-state index < -0.39 is 0 Å². The molecule has 1 aromatic carbocycles. The summed E-state index contributed by atoms with van der Waals surface area (Å²) in [6, 6.07) is 6.22. The van der Waals surface area contributed by atoms with Gasteiger partial charge in [-0.25, -0.2) is 4.79 Å². The van der Waals surface area contributed by atoms with Crippen molar-refractivity contribution in [2.45, 2.75) is 124 Å². The van der Waals surface area contributed by atoms with Gasteiger partial charge in [-0.2, -0.15) is 0 Å². The molecule has 0 saturated heterocycles. The summed E-state index contributed by atoms with van der Waals surface area (Å²) >= 11 is 0. The van der Waals surface area contributed by atoms with Gasteiger partial charge in [0.2, 0.25) is 0 Å². The van der Waals surface area contributed by atoms with Crippen LogP contribution in [0.1, 0.15) is 134 Å². The molecule has 0 amide bonds. The number of ether oxygens (including phenoxy) is 1. The Kier molecular flexibility index (Phi) is 19.4. The van der Waals surface area contributed by atoms with Crippen LogP contribution in [-0.4, -0.2) is 42.2 Å². The van der Waals surface area contributed by atoms with Gasteiger partial charge in [0.25, 0.3) is 0 Å². The van der Waals surface area contributed by atoms with Crippen molar-refractivity contribution in [3.05, 3.63) is 29.8 Å². The Morgan fingerprint density at radius 2 is 1.25 bits per heavy atom. The van der Waals surface area contributed by atoms with Crippen LogP contribution in [-0.2, 0) is 4.74 Å². The lowest BCUT2D eigenvalue weighted by Gasteiger charge is -2.30. The minimum atomic E-state index is -0.306. The summed E-state index contributed by atoms with van der Waals surface area (Å²) in [6.07, 6.45) is 19.2. The molecule has 0 aliphatic carbocycles. The molecule has 4 heteroatoms. The van der Waals surface area contributed by atoms with E-state index in [1.54, 1.807) is 12.1 Å². The Labute approximate surface area is 223 Å². The largest absolute Gasteiger partial charge is 0.508 e. The smallest absolute Gasteiger partial charge is 0.338 e. The molecule has 1 rings (SSSR count). The number of phenolic OH excluding ortho intramolecular Hbond substituents is 1. The summed E-state index contributed by atoms with van der Waals surface area (Å²) in [6.45, 7) is 13.7. The second-order valence-corrected chi connectivity index (χ2v) is 10.8. The number of carbonyl (C=O) groups is 1. The Morgan fingerprint density at radius 1 is 0.750 bits per heavy atom. The van der Waals surface area contributed by atoms with Crippen LogP contribution in [0, 0.1) is 11.8 Å². The zero-order valence-corrected chi connectivity index (χ0v) is 24.1. The Bertz CT molecular complexity index is 627. The molecule has 0 heterocycles. The summed E-state index contributed by atoms with van der Waals surface area (Å²) in [4.78, 5) is 14.8. The molecule has 0 radical (unpaired) electrons. The Morgan fingerprint density at radius 3 is 1.75 bits per heavy atom. The quantitative estimate of drug-likeness (QED) is 0.120. The van der Waals surface area contributed by atoms with Crippen LogP contribution < -0.4 is 0 Å². The number of hydrogen-bond acceptors (Lipinski definition) is 4. The fourth-order valence-corrected chi connectivity index (χ4v) is 4.99. The first-order valence-electron chi connectivity index (χ1n) is 15.2. The summed E-state index contributed by atoms with van der Waals surface area (Å²) in [5.41, 5.74) is 0.494. The van der Waals surface area contributed by atoms with Crippen molar-refractivity contribution < 1.29 is 14.6 Å². The second-order valence-electron chi connectivity index (χ2n) is 10.8. The molecule has 0 bridgehead atoms. The number of esters is 1. The number of hydrogen-bond donors (Lipinski definition) is 1. The molecule has 36 heavy (non-hydrogen) atoms. The standard InChI is InChI=1S/C32H57NO3/c1-5-9-18-28(7-3)26-33(27-29(8-4)19-10-6-2)24-16-14-12-11-13-15-17-25-36-32(35)30-20-22-31(34)23-21-30/h20-23,28-29,34H,5-19,24-27H2,1-4H3. The van der Waals surface area contributed by atoms with Crippen LogP contribution in [0.5, 0.6) is 5.75 Å². The van der Waals surface area contributed by atoms with Crippen molar-refractivity contribution >= 4 is 5.97 Å². The number of carbonyl (C=O) groups excluding carboxylic acids is 1. The Balaban J connectivity index is 2.23. The third-order valence-corrected chi connectivity index (χ3v) is 7.57. The van der Waals surface area contributed by atoms with Crippen molar-refractivity contribution in [2.24, 2.45) is 11.8 Å². The van der Waals surface area contributed by atoms with Crippen LogP contribution in [0.25, 0.3) is 0 Å². The molecule has 1 aromatic rings. The van der Waals surface area contributed by atoms with Crippen LogP contribution in [0.3, 0.4) is 0 Å². The van der Waals surface area contributed by atoms with Gasteiger partial charge in [0, 0.05) is 13.1 Å². The maximum absolute atomic E-state index is 12.0.